The van der Waals surface area contributed by atoms with E-state index in [0.29, 0.717) is 17.9 Å². The number of rotatable bonds is 6. The first-order chi connectivity index (χ1) is 10.6. The summed E-state index contributed by atoms with van der Waals surface area (Å²) in [6.45, 7) is 0. The van der Waals surface area contributed by atoms with Gasteiger partial charge >= 0.3 is 12.0 Å². The Morgan fingerprint density at radius 1 is 1.18 bits per heavy atom. The van der Waals surface area contributed by atoms with Gasteiger partial charge in [-0.25, -0.2) is 9.59 Å². The van der Waals surface area contributed by atoms with Crippen molar-refractivity contribution in [3.05, 3.63) is 42.5 Å². The third-order valence-corrected chi connectivity index (χ3v) is 3.90. The number of amides is 2. The smallest absolute Gasteiger partial charge is 0.326 e. The van der Waals surface area contributed by atoms with Crippen LogP contribution in [0.3, 0.4) is 0 Å². The maximum absolute atomic E-state index is 12.0. The summed E-state index contributed by atoms with van der Waals surface area (Å²) < 4.78 is 0. The number of carboxylic acids is 1. The topological polar surface area (TPSA) is 78.4 Å². The number of anilines is 1. The minimum absolute atomic E-state index is 0.388. The van der Waals surface area contributed by atoms with Crippen LogP contribution >= 0.6 is 11.8 Å². The lowest BCUT2D eigenvalue weighted by molar-refractivity contribution is -0.139. The highest BCUT2D eigenvalue weighted by molar-refractivity contribution is 7.98. The van der Waals surface area contributed by atoms with Crippen molar-refractivity contribution in [3.63, 3.8) is 0 Å². The SMILES string of the molecule is CSCCC(NC(=O)Nc1cccc2ccccc12)C(=O)O. The van der Waals surface area contributed by atoms with Crippen LogP contribution in [-0.4, -0.2) is 35.2 Å². The van der Waals surface area contributed by atoms with Gasteiger partial charge < -0.3 is 15.7 Å². The van der Waals surface area contributed by atoms with Gasteiger partial charge in [-0.1, -0.05) is 36.4 Å². The van der Waals surface area contributed by atoms with Crippen LogP contribution in [0, 0.1) is 0 Å². The fraction of sp³-hybridized carbons (Fsp3) is 0.250. The largest absolute Gasteiger partial charge is 0.480 e. The first-order valence-electron chi connectivity index (χ1n) is 6.89. The van der Waals surface area contributed by atoms with E-state index >= 15 is 0 Å². The summed E-state index contributed by atoms with van der Waals surface area (Å²) in [5.74, 6) is -0.354. The van der Waals surface area contributed by atoms with E-state index in [2.05, 4.69) is 10.6 Å². The van der Waals surface area contributed by atoms with E-state index in [1.807, 2.05) is 42.7 Å². The van der Waals surface area contributed by atoms with Gasteiger partial charge in [0.15, 0.2) is 0 Å². The molecule has 0 radical (unpaired) electrons. The van der Waals surface area contributed by atoms with E-state index in [9.17, 15) is 9.59 Å². The zero-order chi connectivity index (χ0) is 15.9. The summed E-state index contributed by atoms with van der Waals surface area (Å²) in [6.07, 6.45) is 2.29. The number of carbonyl (C=O) groups is 2. The number of urea groups is 1. The lowest BCUT2D eigenvalue weighted by Gasteiger charge is -2.15. The fourth-order valence-corrected chi connectivity index (χ4v) is 2.62. The van der Waals surface area contributed by atoms with E-state index < -0.39 is 18.0 Å². The van der Waals surface area contributed by atoms with E-state index in [0.717, 1.165) is 10.8 Å². The number of thioether (sulfide) groups is 1. The predicted molar refractivity (Wildman–Crippen MR) is 90.5 cm³/mol. The average Bonchev–Trinajstić information content (AvgIpc) is 2.51. The second-order valence-electron chi connectivity index (χ2n) is 4.80. The minimum Gasteiger partial charge on any atom is -0.480 e. The molecule has 0 aromatic heterocycles. The van der Waals surface area contributed by atoms with Crippen molar-refractivity contribution in [3.8, 4) is 0 Å². The number of fused-ring (bicyclic) bond motifs is 1. The van der Waals surface area contributed by atoms with Crippen molar-refractivity contribution < 1.29 is 14.7 Å². The van der Waals surface area contributed by atoms with Crippen LogP contribution in [0.2, 0.25) is 0 Å². The highest BCUT2D eigenvalue weighted by atomic mass is 32.2. The number of benzene rings is 2. The molecule has 116 valence electrons. The first-order valence-corrected chi connectivity index (χ1v) is 8.28. The zero-order valence-corrected chi connectivity index (χ0v) is 13.0. The van der Waals surface area contributed by atoms with Gasteiger partial charge in [0.2, 0.25) is 0 Å². The molecular weight excluding hydrogens is 300 g/mol. The molecule has 6 heteroatoms. The van der Waals surface area contributed by atoms with Crippen molar-refractivity contribution in [2.45, 2.75) is 12.5 Å². The third-order valence-electron chi connectivity index (χ3n) is 3.25. The van der Waals surface area contributed by atoms with Crippen molar-refractivity contribution >= 4 is 40.2 Å². The second kappa shape index (κ2) is 7.70. The maximum Gasteiger partial charge on any atom is 0.326 e. The highest BCUT2D eigenvalue weighted by Gasteiger charge is 2.19. The zero-order valence-electron chi connectivity index (χ0n) is 12.2. The molecule has 2 aromatic rings. The summed E-state index contributed by atoms with van der Waals surface area (Å²) in [6, 6.07) is 11.9. The molecule has 0 saturated carbocycles. The van der Waals surface area contributed by atoms with Gasteiger partial charge in [0.1, 0.15) is 6.04 Å². The number of nitrogens with one attached hydrogen (secondary N) is 2. The van der Waals surface area contributed by atoms with Gasteiger partial charge in [0.05, 0.1) is 5.69 Å². The first kappa shape index (κ1) is 16.2. The quantitative estimate of drug-likeness (QED) is 0.764. The summed E-state index contributed by atoms with van der Waals surface area (Å²) in [7, 11) is 0. The molecule has 1 unspecified atom stereocenters. The van der Waals surface area contributed by atoms with Crippen molar-refractivity contribution in [1.29, 1.82) is 0 Å². The Hall–Kier alpha value is -2.21. The molecule has 2 rings (SSSR count). The summed E-state index contributed by atoms with van der Waals surface area (Å²) >= 11 is 1.55. The number of aliphatic carboxylic acids is 1. The molecule has 5 nitrogen and oxygen atoms in total. The average molecular weight is 318 g/mol. The Bertz CT molecular complexity index is 670. The van der Waals surface area contributed by atoms with Crippen molar-refractivity contribution in [2.24, 2.45) is 0 Å². The number of hydrogen-bond donors (Lipinski definition) is 3. The molecule has 0 saturated heterocycles. The number of carbonyl (C=O) groups excluding carboxylic acids is 1. The van der Waals surface area contributed by atoms with Gasteiger partial charge in [-0.15, -0.1) is 0 Å². The van der Waals surface area contributed by atoms with Gasteiger partial charge in [-0.2, -0.15) is 11.8 Å². The van der Waals surface area contributed by atoms with Crippen LogP contribution in [0.1, 0.15) is 6.42 Å². The molecule has 2 aromatic carbocycles. The molecule has 0 aliphatic heterocycles. The van der Waals surface area contributed by atoms with Gasteiger partial charge in [-0.3, -0.25) is 0 Å². The van der Waals surface area contributed by atoms with E-state index in [4.69, 9.17) is 5.11 Å². The van der Waals surface area contributed by atoms with Crippen molar-refractivity contribution in [2.75, 3.05) is 17.3 Å². The van der Waals surface area contributed by atoms with Crippen LogP contribution in [0.4, 0.5) is 10.5 Å². The highest BCUT2D eigenvalue weighted by Crippen LogP contribution is 2.22. The van der Waals surface area contributed by atoms with Crippen LogP contribution in [0.25, 0.3) is 10.8 Å². The van der Waals surface area contributed by atoms with Gasteiger partial charge in [0, 0.05) is 5.39 Å². The van der Waals surface area contributed by atoms with Crippen LogP contribution in [0.5, 0.6) is 0 Å². The molecule has 2 amide bonds. The fourth-order valence-electron chi connectivity index (χ4n) is 2.14. The Morgan fingerprint density at radius 2 is 1.91 bits per heavy atom. The van der Waals surface area contributed by atoms with Crippen LogP contribution in [-0.2, 0) is 4.79 Å². The molecule has 0 bridgehead atoms. The lowest BCUT2D eigenvalue weighted by Crippen LogP contribution is -2.43. The summed E-state index contributed by atoms with van der Waals surface area (Å²) in [5, 5.41) is 16.3. The van der Waals surface area contributed by atoms with Gasteiger partial charge in [-0.05, 0) is 29.9 Å². The molecule has 0 fully saturated rings. The van der Waals surface area contributed by atoms with E-state index in [1.54, 1.807) is 17.8 Å². The van der Waals surface area contributed by atoms with Crippen molar-refractivity contribution in [1.82, 2.24) is 5.32 Å². The second-order valence-corrected chi connectivity index (χ2v) is 5.78. The molecule has 0 spiro atoms. The standard InChI is InChI=1S/C16H18N2O3S/c1-22-10-9-14(15(19)20)18-16(21)17-13-8-4-6-11-5-2-3-7-12(11)13/h2-8,14H,9-10H2,1H3,(H,19,20)(H2,17,18,21). The number of hydrogen-bond acceptors (Lipinski definition) is 3. The Kier molecular flexibility index (Phi) is 5.66. The normalized spacial score (nSPS) is 11.9. The summed E-state index contributed by atoms with van der Waals surface area (Å²) in [5.41, 5.74) is 0.657. The molecule has 0 aliphatic rings. The molecule has 3 N–H and O–H groups in total. The predicted octanol–water partition coefficient (Wildman–Crippen LogP) is 3.17. The Morgan fingerprint density at radius 3 is 2.64 bits per heavy atom. The van der Waals surface area contributed by atoms with Gasteiger partial charge in [0.25, 0.3) is 0 Å². The molecule has 1 atom stereocenters. The molecule has 0 aliphatic carbocycles. The number of carboxylic acid groups (broad SMARTS) is 1. The molecular formula is C16H18N2O3S. The monoisotopic (exact) mass is 318 g/mol. The molecule has 22 heavy (non-hydrogen) atoms. The van der Waals surface area contributed by atoms with E-state index in [1.165, 1.54) is 0 Å². The maximum atomic E-state index is 12.0. The molecule has 0 heterocycles. The Labute approximate surface area is 133 Å². The van der Waals surface area contributed by atoms with Crippen LogP contribution in [0.15, 0.2) is 42.5 Å². The lowest BCUT2D eigenvalue weighted by atomic mass is 10.1. The summed E-state index contributed by atoms with van der Waals surface area (Å²) in [4.78, 5) is 23.2. The van der Waals surface area contributed by atoms with Crippen LogP contribution < -0.4 is 10.6 Å². The van der Waals surface area contributed by atoms with E-state index in [-0.39, 0.29) is 0 Å². The minimum atomic E-state index is -1.03. The third kappa shape index (κ3) is 4.14. The Balaban J connectivity index is 2.08.